The molecule has 1 aliphatic rings. The SMILES string of the molecule is COCCn1c(C)cc(/C=C2\C(=O)NC(=S)N(c3cccc(OC)c3)C2=O)c1C. The molecule has 1 aromatic heterocycles. The van der Waals surface area contributed by atoms with Gasteiger partial charge < -0.3 is 14.0 Å². The molecule has 2 heterocycles. The second-order valence-electron chi connectivity index (χ2n) is 6.63. The fourth-order valence-electron chi connectivity index (χ4n) is 3.30. The first-order valence-corrected chi connectivity index (χ1v) is 9.49. The smallest absolute Gasteiger partial charge is 0.270 e. The van der Waals surface area contributed by atoms with Gasteiger partial charge in [-0.2, -0.15) is 0 Å². The molecule has 0 aliphatic carbocycles. The molecule has 8 heteroatoms. The summed E-state index contributed by atoms with van der Waals surface area (Å²) in [5.74, 6) is -0.406. The fraction of sp³-hybridized carbons (Fsp3) is 0.286. The molecule has 2 aromatic rings. The van der Waals surface area contributed by atoms with Crippen LogP contribution in [0.5, 0.6) is 5.75 Å². The molecule has 7 nitrogen and oxygen atoms in total. The Hall–Kier alpha value is -2.97. The summed E-state index contributed by atoms with van der Waals surface area (Å²) in [7, 11) is 3.19. The van der Waals surface area contributed by atoms with E-state index in [4.69, 9.17) is 21.7 Å². The Labute approximate surface area is 174 Å². The Morgan fingerprint density at radius 1 is 1.17 bits per heavy atom. The number of carbonyl (C=O) groups excluding carboxylic acids is 2. The summed E-state index contributed by atoms with van der Waals surface area (Å²) in [6.07, 6.45) is 1.61. The van der Waals surface area contributed by atoms with Crippen LogP contribution in [0.2, 0.25) is 0 Å². The minimum atomic E-state index is -0.513. The third-order valence-electron chi connectivity index (χ3n) is 4.84. The topological polar surface area (TPSA) is 72.8 Å². The lowest BCUT2D eigenvalue weighted by Crippen LogP contribution is -2.54. The number of benzene rings is 1. The minimum Gasteiger partial charge on any atom is -0.497 e. The van der Waals surface area contributed by atoms with Gasteiger partial charge in [-0.25, -0.2) is 0 Å². The second-order valence-corrected chi connectivity index (χ2v) is 7.02. The van der Waals surface area contributed by atoms with Gasteiger partial charge in [-0.05, 0) is 55.9 Å². The highest BCUT2D eigenvalue weighted by Crippen LogP contribution is 2.26. The van der Waals surface area contributed by atoms with Crippen LogP contribution in [-0.4, -0.2) is 42.3 Å². The van der Waals surface area contributed by atoms with Crippen molar-refractivity contribution in [1.29, 1.82) is 0 Å². The first-order chi connectivity index (χ1) is 13.9. The van der Waals surface area contributed by atoms with Crippen LogP contribution >= 0.6 is 12.2 Å². The normalized spacial score (nSPS) is 15.8. The minimum absolute atomic E-state index is 0.0217. The number of aryl methyl sites for hydroxylation is 1. The zero-order valence-corrected chi connectivity index (χ0v) is 17.6. The van der Waals surface area contributed by atoms with Crippen LogP contribution in [0, 0.1) is 13.8 Å². The maximum atomic E-state index is 13.2. The number of anilines is 1. The number of methoxy groups -OCH3 is 2. The van der Waals surface area contributed by atoms with Crippen molar-refractivity contribution in [3.8, 4) is 5.75 Å². The van der Waals surface area contributed by atoms with Gasteiger partial charge in [0, 0.05) is 31.1 Å². The maximum absolute atomic E-state index is 13.2. The van der Waals surface area contributed by atoms with Gasteiger partial charge in [0.25, 0.3) is 11.8 Å². The van der Waals surface area contributed by atoms with E-state index in [0.29, 0.717) is 24.6 Å². The molecule has 0 unspecified atom stereocenters. The Morgan fingerprint density at radius 3 is 2.62 bits per heavy atom. The molecule has 0 radical (unpaired) electrons. The van der Waals surface area contributed by atoms with Gasteiger partial charge in [0.05, 0.1) is 19.4 Å². The zero-order valence-electron chi connectivity index (χ0n) is 16.8. The second kappa shape index (κ2) is 8.59. The quantitative estimate of drug-likeness (QED) is 0.448. The lowest BCUT2D eigenvalue weighted by molar-refractivity contribution is -0.122. The Kier molecular flexibility index (Phi) is 6.14. The van der Waals surface area contributed by atoms with Crippen LogP contribution < -0.4 is 15.0 Å². The van der Waals surface area contributed by atoms with Crippen molar-refractivity contribution in [1.82, 2.24) is 9.88 Å². The highest BCUT2D eigenvalue weighted by molar-refractivity contribution is 7.80. The van der Waals surface area contributed by atoms with Crippen LogP contribution in [-0.2, 0) is 20.9 Å². The number of nitrogens with one attached hydrogen (secondary N) is 1. The highest BCUT2D eigenvalue weighted by Gasteiger charge is 2.34. The van der Waals surface area contributed by atoms with Crippen LogP contribution in [0.4, 0.5) is 5.69 Å². The molecule has 1 fully saturated rings. The van der Waals surface area contributed by atoms with Crippen molar-refractivity contribution in [2.24, 2.45) is 0 Å². The number of hydrogen-bond acceptors (Lipinski definition) is 5. The third kappa shape index (κ3) is 4.08. The monoisotopic (exact) mass is 413 g/mol. The number of amides is 2. The molecule has 0 atom stereocenters. The van der Waals surface area contributed by atoms with Crippen molar-refractivity contribution in [3.05, 3.63) is 52.9 Å². The van der Waals surface area contributed by atoms with Crippen molar-refractivity contribution < 1.29 is 19.1 Å². The Balaban J connectivity index is 2.00. The molecule has 2 amide bonds. The molecular formula is C21H23N3O4S. The van der Waals surface area contributed by atoms with E-state index in [-0.39, 0.29) is 10.7 Å². The average Bonchev–Trinajstić information content (AvgIpc) is 2.96. The van der Waals surface area contributed by atoms with Crippen LogP contribution in [0.15, 0.2) is 35.9 Å². The molecule has 1 saturated heterocycles. The molecular weight excluding hydrogens is 390 g/mol. The van der Waals surface area contributed by atoms with E-state index in [1.165, 1.54) is 4.90 Å². The van der Waals surface area contributed by atoms with E-state index < -0.39 is 11.8 Å². The molecule has 29 heavy (non-hydrogen) atoms. The van der Waals surface area contributed by atoms with Crippen molar-refractivity contribution >= 4 is 40.9 Å². The first-order valence-electron chi connectivity index (χ1n) is 9.08. The number of nitrogens with zero attached hydrogens (tertiary/aromatic N) is 2. The summed E-state index contributed by atoms with van der Waals surface area (Å²) in [5, 5.41) is 2.64. The predicted molar refractivity (Wildman–Crippen MR) is 115 cm³/mol. The highest BCUT2D eigenvalue weighted by atomic mass is 32.1. The summed E-state index contributed by atoms with van der Waals surface area (Å²) in [4.78, 5) is 27.0. The lowest BCUT2D eigenvalue weighted by atomic mass is 10.1. The maximum Gasteiger partial charge on any atom is 0.270 e. The van der Waals surface area contributed by atoms with E-state index >= 15 is 0 Å². The van der Waals surface area contributed by atoms with Crippen molar-refractivity contribution in [2.45, 2.75) is 20.4 Å². The zero-order chi connectivity index (χ0) is 21.1. The van der Waals surface area contributed by atoms with E-state index in [9.17, 15) is 9.59 Å². The van der Waals surface area contributed by atoms with E-state index in [1.807, 2.05) is 19.9 Å². The largest absolute Gasteiger partial charge is 0.497 e. The Bertz CT molecular complexity index is 1010. The standard InChI is InChI=1S/C21H23N3O4S/c1-13-10-15(14(2)23(13)8-9-27-3)11-18-19(25)22-21(29)24(20(18)26)16-6-5-7-17(12-16)28-4/h5-7,10-12H,8-9H2,1-4H3,(H,22,25,29)/b18-11+. The summed E-state index contributed by atoms with van der Waals surface area (Å²) >= 11 is 5.25. The molecule has 3 rings (SSSR count). The van der Waals surface area contributed by atoms with Gasteiger partial charge in [0.1, 0.15) is 11.3 Å². The average molecular weight is 413 g/mol. The molecule has 0 spiro atoms. The number of rotatable bonds is 6. The van der Waals surface area contributed by atoms with Gasteiger partial charge in [0.15, 0.2) is 5.11 Å². The predicted octanol–water partition coefficient (Wildman–Crippen LogP) is 2.59. The summed E-state index contributed by atoms with van der Waals surface area (Å²) < 4.78 is 12.5. The molecule has 0 saturated carbocycles. The van der Waals surface area contributed by atoms with E-state index in [0.717, 1.165) is 17.0 Å². The number of ether oxygens (including phenoxy) is 2. The number of thiocarbonyl (C=S) groups is 1. The van der Waals surface area contributed by atoms with Gasteiger partial charge in [-0.15, -0.1) is 0 Å². The fourth-order valence-corrected chi connectivity index (χ4v) is 3.58. The first kappa shape index (κ1) is 20.8. The molecule has 1 aliphatic heterocycles. The summed E-state index contributed by atoms with van der Waals surface area (Å²) in [5.41, 5.74) is 3.32. The van der Waals surface area contributed by atoms with E-state index in [1.54, 1.807) is 44.6 Å². The van der Waals surface area contributed by atoms with Gasteiger partial charge in [0.2, 0.25) is 0 Å². The molecule has 0 bridgehead atoms. The van der Waals surface area contributed by atoms with E-state index in [2.05, 4.69) is 9.88 Å². The molecule has 1 N–H and O–H groups in total. The van der Waals surface area contributed by atoms with Gasteiger partial charge in [-0.1, -0.05) is 6.07 Å². The van der Waals surface area contributed by atoms with Gasteiger partial charge >= 0.3 is 0 Å². The summed E-state index contributed by atoms with van der Waals surface area (Å²) in [6.45, 7) is 5.19. The van der Waals surface area contributed by atoms with Crippen molar-refractivity contribution in [2.75, 3.05) is 25.7 Å². The lowest BCUT2D eigenvalue weighted by Gasteiger charge is -2.29. The third-order valence-corrected chi connectivity index (χ3v) is 5.13. The van der Waals surface area contributed by atoms with Crippen LogP contribution in [0.3, 0.4) is 0 Å². The van der Waals surface area contributed by atoms with Crippen molar-refractivity contribution in [3.63, 3.8) is 0 Å². The molecule has 152 valence electrons. The number of hydrogen-bond donors (Lipinski definition) is 1. The molecule has 1 aromatic carbocycles. The van der Waals surface area contributed by atoms with Crippen LogP contribution in [0.1, 0.15) is 17.0 Å². The van der Waals surface area contributed by atoms with Gasteiger partial charge in [-0.3, -0.25) is 19.8 Å². The van der Waals surface area contributed by atoms with Crippen LogP contribution in [0.25, 0.3) is 6.08 Å². The number of carbonyl (C=O) groups is 2. The Morgan fingerprint density at radius 2 is 1.93 bits per heavy atom. The number of aromatic nitrogens is 1. The summed E-state index contributed by atoms with van der Waals surface area (Å²) in [6, 6.07) is 8.90.